The summed E-state index contributed by atoms with van der Waals surface area (Å²) in [4.78, 5) is 10.8. The summed E-state index contributed by atoms with van der Waals surface area (Å²) in [5, 5.41) is 2.76. The van der Waals surface area contributed by atoms with Crippen LogP contribution in [0.4, 0.5) is 4.79 Å². The summed E-state index contributed by atoms with van der Waals surface area (Å²) in [7, 11) is 1.63. The van der Waals surface area contributed by atoms with Gasteiger partial charge in [-0.1, -0.05) is 0 Å². The van der Waals surface area contributed by atoms with Gasteiger partial charge in [0.15, 0.2) is 0 Å². The second kappa shape index (κ2) is 3.38. The zero-order valence-electron chi connectivity index (χ0n) is 5.63. The summed E-state index contributed by atoms with van der Waals surface area (Å²) < 4.78 is 6.49. The Morgan fingerprint density at radius 2 is 2.70 bits per heavy atom. The van der Waals surface area contributed by atoms with E-state index in [1.165, 1.54) is 0 Å². The fourth-order valence-corrected chi connectivity index (χ4v) is 1.48. The fourth-order valence-electron chi connectivity index (χ4n) is 0.862. The van der Waals surface area contributed by atoms with Crippen molar-refractivity contribution in [1.82, 2.24) is 8.43 Å². The predicted octanol–water partition coefficient (Wildman–Crippen LogP) is 0.377. The summed E-state index contributed by atoms with van der Waals surface area (Å²) in [6.45, 7) is 1.32. The third-order valence-corrected chi connectivity index (χ3v) is 2.13. The fraction of sp³-hybridized carbons (Fsp3) is 0.800. The normalized spacial score (nSPS) is 25.2. The van der Waals surface area contributed by atoms with Gasteiger partial charge in [0.2, 0.25) is 0 Å². The predicted molar refractivity (Wildman–Crippen MR) is 44.9 cm³/mol. The number of hydrogen-bond donors (Lipinski definition) is 1. The maximum atomic E-state index is 10.8. The summed E-state index contributed by atoms with van der Waals surface area (Å²) >= 11 is 1.98. The standard InChI is InChI=1S/C5H9IN2O2/c1-10-3-4-2-8(6)5(9)7-4/h4H,2-3H2,1H3,(H,7,9)/t4-/m0/s1. The number of carbonyl (C=O) groups is 1. The van der Waals surface area contributed by atoms with Gasteiger partial charge in [-0.05, 0) is 0 Å². The Bertz CT molecular complexity index is 142. The van der Waals surface area contributed by atoms with Crippen molar-refractivity contribution in [1.29, 1.82) is 0 Å². The number of ether oxygens (including phenoxy) is 1. The van der Waals surface area contributed by atoms with Crippen molar-refractivity contribution in [2.45, 2.75) is 6.04 Å². The van der Waals surface area contributed by atoms with Crippen LogP contribution in [-0.4, -0.2) is 35.4 Å². The third kappa shape index (κ3) is 1.72. The maximum Gasteiger partial charge on any atom is 0.326 e. The molecule has 58 valence electrons. The van der Waals surface area contributed by atoms with Gasteiger partial charge < -0.3 is 10.1 Å². The lowest BCUT2D eigenvalue weighted by Crippen LogP contribution is -2.30. The Morgan fingerprint density at radius 3 is 3.10 bits per heavy atom. The van der Waals surface area contributed by atoms with E-state index >= 15 is 0 Å². The van der Waals surface area contributed by atoms with Crippen molar-refractivity contribution < 1.29 is 9.53 Å². The molecule has 2 amide bonds. The van der Waals surface area contributed by atoms with Gasteiger partial charge >= 0.3 is 6.03 Å². The van der Waals surface area contributed by atoms with Crippen LogP contribution in [0.3, 0.4) is 0 Å². The van der Waals surface area contributed by atoms with Gasteiger partial charge in [0, 0.05) is 7.11 Å². The third-order valence-electron chi connectivity index (χ3n) is 1.30. The number of urea groups is 1. The van der Waals surface area contributed by atoms with Gasteiger partial charge in [0.1, 0.15) is 0 Å². The van der Waals surface area contributed by atoms with E-state index in [1.54, 1.807) is 10.2 Å². The number of nitrogens with one attached hydrogen (secondary N) is 1. The first kappa shape index (κ1) is 8.06. The van der Waals surface area contributed by atoms with Crippen LogP contribution in [0.25, 0.3) is 0 Å². The van der Waals surface area contributed by atoms with Crippen molar-refractivity contribution in [3.05, 3.63) is 0 Å². The minimum atomic E-state index is -0.0253. The van der Waals surface area contributed by atoms with E-state index in [2.05, 4.69) is 5.32 Å². The number of amides is 2. The van der Waals surface area contributed by atoms with Crippen LogP contribution in [-0.2, 0) is 4.74 Å². The monoisotopic (exact) mass is 256 g/mol. The highest BCUT2D eigenvalue weighted by Gasteiger charge is 2.26. The molecular weight excluding hydrogens is 247 g/mol. The van der Waals surface area contributed by atoms with Crippen molar-refractivity contribution in [2.75, 3.05) is 20.3 Å². The second-order valence-corrected chi connectivity index (χ2v) is 3.31. The molecule has 0 spiro atoms. The molecular formula is C5H9IN2O2. The van der Waals surface area contributed by atoms with Crippen molar-refractivity contribution in [2.24, 2.45) is 0 Å². The van der Waals surface area contributed by atoms with Crippen LogP contribution in [0.5, 0.6) is 0 Å². The summed E-state index contributed by atoms with van der Waals surface area (Å²) in [6, 6.07) is 0.136. The molecule has 1 heterocycles. The zero-order chi connectivity index (χ0) is 7.56. The lowest BCUT2D eigenvalue weighted by Gasteiger charge is -2.05. The average molecular weight is 256 g/mol. The maximum absolute atomic E-state index is 10.8. The zero-order valence-corrected chi connectivity index (χ0v) is 7.79. The summed E-state index contributed by atoms with van der Waals surface area (Å²) in [5.74, 6) is 0. The Hall–Kier alpha value is -0.0400. The first-order valence-electron chi connectivity index (χ1n) is 2.97. The highest BCUT2D eigenvalue weighted by Crippen LogP contribution is 2.08. The van der Waals surface area contributed by atoms with Crippen molar-refractivity contribution in [3.8, 4) is 0 Å². The van der Waals surface area contributed by atoms with Crippen molar-refractivity contribution in [3.63, 3.8) is 0 Å². The van der Waals surface area contributed by atoms with Crippen LogP contribution in [0.15, 0.2) is 0 Å². The van der Waals surface area contributed by atoms with Gasteiger partial charge in [-0.2, -0.15) is 0 Å². The number of hydrogen-bond acceptors (Lipinski definition) is 2. The molecule has 0 saturated carbocycles. The molecule has 1 atom stereocenters. The number of carbonyl (C=O) groups excluding carboxylic acids is 1. The summed E-state index contributed by atoms with van der Waals surface area (Å²) in [6.07, 6.45) is 0. The molecule has 10 heavy (non-hydrogen) atoms. The van der Waals surface area contributed by atoms with E-state index in [1.807, 2.05) is 22.9 Å². The highest BCUT2D eigenvalue weighted by molar-refractivity contribution is 14.1. The number of halogens is 1. The molecule has 0 radical (unpaired) electrons. The second-order valence-electron chi connectivity index (χ2n) is 2.15. The van der Waals surface area contributed by atoms with E-state index in [0.29, 0.717) is 6.61 Å². The van der Waals surface area contributed by atoms with Gasteiger partial charge in [-0.25, -0.2) is 4.79 Å². The Labute approximate surface area is 73.4 Å². The Kier molecular flexibility index (Phi) is 2.72. The topological polar surface area (TPSA) is 41.6 Å². The quantitative estimate of drug-likeness (QED) is 0.573. The first-order valence-corrected chi connectivity index (χ1v) is 3.93. The lowest BCUT2D eigenvalue weighted by molar-refractivity contribution is 0.176. The molecule has 1 aliphatic heterocycles. The first-order chi connectivity index (χ1) is 4.74. The molecule has 5 heteroatoms. The Balaban J connectivity index is 2.34. The molecule has 0 bridgehead atoms. The van der Waals surface area contributed by atoms with E-state index in [0.717, 1.165) is 6.54 Å². The molecule has 1 saturated heterocycles. The number of nitrogens with zero attached hydrogens (tertiary/aromatic N) is 1. The Morgan fingerprint density at radius 1 is 2.00 bits per heavy atom. The average Bonchev–Trinajstić information content (AvgIpc) is 2.14. The van der Waals surface area contributed by atoms with Gasteiger partial charge in [0.05, 0.1) is 42.1 Å². The van der Waals surface area contributed by atoms with Gasteiger partial charge in [-0.3, -0.25) is 3.11 Å². The molecule has 1 aliphatic rings. The van der Waals surface area contributed by atoms with Crippen LogP contribution in [0, 0.1) is 0 Å². The largest absolute Gasteiger partial charge is 0.382 e. The number of methoxy groups -OCH3 is 1. The van der Waals surface area contributed by atoms with E-state index in [9.17, 15) is 4.79 Å². The molecule has 4 nitrogen and oxygen atoms in total. The van der Waals surface area contributed by atoms with E-state index in [4.69, 9.17) is 4.74 Å². The SMILES string of the molecule is COC[C@@H]1CN(I)C(=O)N1. The summed E-state index contributed by atoms with van der Waals surface area (Å²) in [5.41, 5.74) is 0. The molecule has 1 fully saturated rings. The number of rotatable bonds is 2. The van der Waals surface area contributed by atoms with Crippen LogP contribution in [0.1, 0.15) is 0 Å². The van der Waals surface area contributed by atoms with E-state index < -0.39 is 0 Å². The molecule has 0 aromatic rings. The molecule has 0 unspecified atom stereocenters. The molecule has 0 aromatic heterocycles. The molecule has 1 rings (SSSR count). The molecule has 0 aliphatic carbocycles. The smallest absolute Gasteiger partial charge is 0.326 e. The van der Waals surface area contributed by atoms with Gasteiger partial charge in [-0.15, -0.1) is 0 Å². The van der Waals surface area contributed by atoms with Crippen molar-refractivity contribution >= 4 is 28.9 Å². The highest BCUT2D eigenvalue weighted by atomic mass is 127. The van der Waals surface area contributed by atoms with Crippen LogP contribution >= 0.6 is 22.9 Å². The van der Waals surface area contributed by atoms with Gasteiger partial charge in [0.25, 0.3) is 0 Å². The lowest BCUT2D eigenvalue weighted by atomic mass is 10.3. The van der Waals surface area contributed by atoms with E-state index in [-0.39, 0.29) is 12.1 Å². The molecule has 1 N–H and O–H groups in total. The minimum Gasteiger partial charge on any atom is -0.382 e. The van der Waals surface area contributed by atoms with Crippen LogP contribution < -0.4 is 5.32 Å². The minimum absolute atomic E-state index is 0.0253. The van der Waals surface area contributed by atoms with Crippen LogP contribution in [0.2, 0.25) is 0 Å². The molecule has 0 aromatic carbocycles.